The molecule has 110 valence electrons. The summed E-state index contributed by atoms with van der Waals surface area (Å²) in [6.07, 6.45) is 0. The first-order valence-electron chi connectivity index (χ1n) is 6.44. The van der Waals surface area contributed by atoms with Crippen LogP contribution in [0.4, 0.5) is 5.69 Å². The van der Waals surface area contributed by atoms with Crippen molar-refractivity contribution in [3.05, 3.63) is 63.6 Å². The van der Waals surface area contributed by atoms with E-state index in [1.165, 1.54) is 7.11 Å². The average molecular weight is 369 g/mol. The van der Waals surface area contributed by atoms with E-state index in [1.807, 2.05) is 42.5 Å². The van der Waals surface area contributed by atoms with Gasteiger partial charge < -0.3 is 10.1 Å². The topological polar surface area (TPSA) is 38.3 Å². The number of ether oxygens (including phenoxy) is 1. The predicted octanol–water partition coefficient (Wildman–Crippen LogP) is 4.47. The number of benzene rings is 2. The second kappa shape index (κ2) is 7.48. The molecule has 0 aliphatic heterocycles. The maximum absolute atomic E-state index is 12.0. The van der Waals surface area contributed by atoms with Crippen LogP contribution in [0.3, 0.4) is 0 Å². The first-order valence-corrected chi connectivity index (χ1v) is 7.61. The fraction of sp³-hybridized carbons (Fsp3) is 0.188. The van der Waals surface area contributed by atoms with E-state index in [0.29, 0.717) is 11.6 Å². The SMILES string of the molecule is COC(=O)C(CNc1cccc(Cl)c1Br)c1ccccc1. The van der Waals surface area contributed by atoms with Crippen LogP contribution in [-0.4, -0.2) is 19.6 Å². The number of rotatable bonds is 5. The number of halogens is 2. The van der Waals surface area contributed by atoms with Crippen LogP contribution < -0.4 is 5.32 Å². The molecule has 0 heterocycles. The Morgan fingerprint density at radius 1 is 1.24 bits per heavy atom. The van der Waals surface area contributed by atoms with Crippen LogP contribution in [0.2, 0.25) is 5.02 Å². The Hall–Kier alpha value is -1.52. The molecule has 2 rings (SSSR count). The molecule has 0 aliphatic carbocycles. The third-order valence-corrected chi connectivity index (χ3v) is 4.53. The summed E-state index contributed by atoms with van der Waals surface area (Å²) in [7, 11) is 1.40. The lowest BCUT2D eigenvalue weighted by Gasteiger charge is -2.17. The quantitative estimate of drug-likeness (QED) is 0.791. The summed E-state index contributed by atoms with van der Waals surface area (Å²) >= 11 is 9.49. The average Bonchev–Trinajstić information content (AvgIpc) is 2.52. The zero-order valence-electron chi connectivity index (χ0n) is 11.5. The van der Waals surface area contributed by atoms with Gasteiger partial charge in [-0.3, -0.25) is 4.79 Å². The number of hydrogen-bond acceptors (Lipinski definition) is 3. The molecule has 0 saturated carbocycles. The predicted molar refractivity (Wildman–Crippen MR) is 88.8 cm³/mol. The Kier molecular flexibility index (Phi) is 5.65. The van der Waals surface area contributed by atoms with E-state index in [-0.39, 0.29) is 11.9 Å². The van der Waals surface area contributed by atoms with E-state index in [4.69, 9.17) is 16.3 Å². The van der Waals surface area contributed by atoms with Gasteiger partial charge in [0.05, 0.1) is 22.5 Å². The van der Waals surface area contributed by atoms with Crippen molar-refractivity contribution in [1.29, 1.82) is 0 Å². The first kappa shape index (κ1) is 15.9. The molecule has 1 N–H and O–H groups in total. The van der Waals surface area contributed by atoms with Crippen molar-refractivity contribution in [2.45, 2.75) is 5.92 Å². The Morgan fingerprint density at radius 3 is 2.62 bits per heavy atom. The van der Waals surface area contributed by atoms with E-state index < -0.39 is 0 Å². The number of carbonyl (C=O) groups is 1. The summed E-state index contributed by atoms with van der Waals surface area (Å²) in [6, 6.07) is 15.1. The third kappa shape index (κ3) is 3.99. The van der Waals surface area contributed by atoms with Gasteiger partial charge in [-0.25, -0.2) is 0 Å². The van der Waals surface area contributed by atoms with E-state index in [0.717, 1.165) is 15.7 Å². The summed E-state index contributed by atoms with van der Waals surface area (Å²) in [5, 5.41) is 3.86. The molecule has 0 aliphatic rings. The molecule has 3 nitrogen and oxygen atoms in total. The van der Waals surface area contributed by atoms with Crippen molar-refractivity contribution in [3.63, 3.8) is 0 Å². The summed E-state index contributed by atoms with van der Waals surface area (Å²) in [4.78, 5) is 12.0. The minimum atomic E-state index is -0.373. The molecule has 2 aromatic carbocycles. The monoisotopic (exact) mass is 367 g/mol. The molecule has 1 unspecified atom stereocenters. The van der Waals surface area contributed by atoms with Gasteiger partial charge in [0.25, 0.3) is 0 Å². The van der Waals surface area contributed by atoms with Crippen molar-refractivity contribution >= 4 is 39.2 Å². The molecule has 5 heteroatoms. The number of anilines is 1. The third-order valence-electron chi connectivity index (χ3n) is 3.14. The zero-order valence-corrected chi connectivity index (χ0v) is 13.8. The normalized spacial score (nSPS) is 11.8. The Bertz CT molecular complexity index is 619. The number of nitrogens with one attached hydrogen (secondary N) is 1. The van der Waals surface area contributed by atoms with Gasteiger partial charge in [-0.2, -0.15) is 0 Å². The van der Waals surface area contributed by atoms with Gasteiger partial charge in [-0.05, 0) is 33.6 Å². The summed E-state index contributed by atoms with van der Waals surface area (Å²) in [5.74, 6) is -0.645. The van der Waals surface area contributed by atoms with Crippen LogP contribution in [0.25, 0.3) is 0 Å². The second-order valence-corrected chi connectivity index (χ2v) is 5.67. The smallest absolute Gasteiger partial charge is 0.314 e. The molecule has 21 heavy (non-hydrogen) atoms. The van der Waals surface area contributed by atoms with Gasteiger partial charge in [0.2, 0.25) is 0 Å². The van der Waals surface area contributed by atoms with Crippen LogP contribution in [0.15, 0.2) is 53.0 Å². The van der Waals surface area contributed by atoms with Gasteiger partial charge in [0.15, 0.2) is 0 Å². The maximum Gasteiger partial charge on any atom is 0.314 e. The Morgan fingerprint density at radius 2 is 1.95 bits per heavy atom. The lowest BCUT2D eigenvalue weighted by Crippen LogP contribution is -2.22. The second-order valence-electron chi connectivity index (χ2n) is 4.47. The Labute approximate surface area is 137 Å². The molecule has 0 amide bonds. The first-order chi connectivity index (χ1) is 10.1. The minimum Gasteiger partial charge on any atom is -0.468 e. The fourth-order valence-electron chi connectivity index (χ4n) is 2.02. The molecule has 0 bridgehead atoms. The molecular formula is C16H15BrClNO2. The van der Waals surface area contributed by atoms with E-state index in [2.05, 4.69) is 21.2 Å². The number of carbonyl (C=O) groups excluding carboxylic acids is 1. The molecular weight excluding hydrogens is 354 g/mol. The van der Waals surface area contributed by atoms with Crippen LogP contribution in [-0.2, 0) is 9.53 Å². The van der Waals surface area contributed by atoms with Gasteiger partial charge >= 0.3 is 5.97 Å². The van der Waals surface area contributed by atoms with Crippen LogP contribution in [0.1, 0.15) is 11.5 Å². The molecule has 0 aromatic heterocycles. The van der Waals surface area contributed by atoms with Gasteiger partial charge in [-0.1, -0.05) is 48.0 Å². The number of hydrogen-bond donors (Lipinski definition) is 1. The molecule has 0 saturated heterocycles. The van der Waals surface area contributed by atoms with Gasteiger partial charge in [0, 0.05) is 12.2 Å². The van der Waals surface area contributed by atoms with E-state index in [9.17, 15) is 4.79 Å². The van der Waals surface area contributed by atoms with Gasteiger partial charge in [0.1, 0.15) is 0 Å². The van der Waals surface area contributed by atoms with Crippen LogP contribution in [0.5, 0.6) is 0 Å². The van der Waals surface area contributed by atoms with Gasteiger partial charge in [-0.15, -0.1) is 0 Å². The lowest BCUT2D eigenvalue weighted by atomic mass is 9.99. The number of methoxy groups -OCH3 is 1. The van der Waals surface area contributed by atoms with Crippen molar-refractivity contribution in [3.8, 4) is 0 Å². The summed E-state index contributed by atoms with van der Waals surface area (Å²) in [5.41, 5.74) is 1.75. The highest BCUT2D eigenvalue weighted by Crippen LogP contribution is 2.30. The maximum atomic E-state index is 12.0. The van der Waals surface area contributed by atoms with Crippen molar-refractivity contribution in [2.24, 2.45) is 0 Å². The highest BCUT2D eigenvalue weighted by molar-refractivity contribution is 9.10. The van der Waals surface area contributed by atoms with Crippen molar-refractivity contribution in [1.82, 2.24) is 0 Å². The molecule has 0 radical (unpaired) electrons. The molecule has 2 aromatic rings. The zero-order chi connectivity index (χ0) is 15.2. The van der Waals surface area contributed by atoms with E-state index >= 15 is 0 Å². The van der Waals surface area contributed by atoms with Crippen molar-refractivity contribution < 1.29 is 9.53 Å². The summed E-state index contributed by atoms with van der Waals surface area (Å²) < 4.78 is 5.67. The van der Waals surface area contributed by atoms with Crippen molar-refractivity contribution in [2.75, 3.05) is 19.0 Å². The number of esters is 1. The highest BCUT2D eigenvalue weighted by atomic mass is 79.9. The largest absolute Gasteiger partial charge is 0.468 e. The Balaban J connectivity index is 2.17. The molecule has 1 atom stereocenters. The van der Waals surface area contributed by atoms with E-state index in [1.54, 1.807) is 6.07 Å². The highest BCUT2D eigenvalue weighted by Gasteiger charge is 2.21. The lowest BCUT2D eigenvalue weighted by molar-refractivity contribution is -0.142. The standard InChI is InChI=1S/C16H15BrClNO2/c1-21-16(20)12(11-6-3-2-4-7-11)10-19-14-9-5-8-13(18)15(14)17/h2-9,12,19H,10H2,1H3. The minimum absolute atomic E-state index is 0.271. The summed E-state index contributed by atoms with van der Waals surface area (Å²) in [6.45, 7) is 0.426. The van der Waals surface area contributed by atoms with Crippen LogP contribution in [0, 0.1) is 0 Å². The van der Waals surface area contributed by atoms with Crippen LogP contribution >= 0.6 is 27.5 Å². The molecule has 0 fully saturated rings. The molecule has 0 spiro atoms. The fourth-order valence-corrected chi connectivity index (χ4v) is 2.60.